The first-order valence-electron chi connectivity index (χ1n) is 17.2. The summed E-state index contributed by atoms with van der Waals surface area (Å²) < 4.78 is 10.8. The van der Waals surface area contributed by atoms with Crippen LogP contribution in [0.2, 0.25) is 0 Å². The van der Waals surface area contributed by atoms with Crippen LogP contribution in [0.1, 0.15) is 0 Å². The van der Waals surface area contributed by atoms with E-state index in [0.29, 0.717) is 5.82 Å². The number of para-hydroxylation sites is 4. The third kappa shape index (κ3) is 4.15. The lowest BCUT2D eigenvalue weighted by molar-refractivity contribution is 0.669. The van der Waals surface area contributed by atoms with Crippen LogP contribution in [-0.2, 0) is 0 Å². The summed E-state index contributed by atoms with van der Waals surface area (Å²) in [5.74, 6) is 1.47. The van der Waals surface area contributed by atoms with Gasteiger partial charge in [0.05, 0.1) is 27.8 Å². The third-order valence-corrected chi connectivity index (χ3v) is 10.1. The average molecular weight is 653 g/mol. The summed E-state index contributed by atoms with van der Waals surface area (Å²) in [5, 5.41) is 6.97. The van der Waals surface area contributed by atoms with E-state index in [1.165, 1.54) is 32.6 Å². The molecule has 0 saturated carbocycles. The summed E-state index contributed by atoms with van der Waals surface area (Å²) >= 11 is 0. The molecule has 0 aliphatic carbocycles. The Bertz CT molecular complexity index is 3130. The predicted molar refractivity (Wildman–Crippen MR) is 209 cm³/mol. The summed E-state index contributed by atoms with van der Waals surface area (Å²) in [4.78, 5) is 10.5. The van der Waals surface area contributed by atoms with E-state index in [1.54, 1.807) is 0 Å². The minimum absolute atomic E-state index is 0.659. The smallest absolute Gasteiger partial charge is 0.162 e. The number of aromatic nitrogens is 4. The molecule has 5 heteroatoms. The molecule has 4 aromatic heterocycles. The maximum atomic E-state index is 6.16. The van der Waals surface area contributed by atoms with Crippen molar-refractivity contribution in [1.82, 2.24) is 19.1 Å². The molecule has 7 aromatic carbocycles. The number of fused-ring (bicyclic) bond motifs is 10. The maximum Gasteiger partial charge on any atom is 0.162 e. The zero-order valence-corrected chi connectivity index (χ0v) is 27.4. The summed E-state index contributed by atoms with van der Waals surface area (Å²) in [6.07, 6.45) is 0. The van der Waals surface area contributed by atoms with Gasteiger partial charge in [0, 0.05) is 55.2 Å². The summed E-state index contributed by atoms with van der Waals surface area (Å²) in [6, 6.07) is 59.4. The molecule has 0 spiro atoms. The van der Waals surface area contributed by atoms with E-state index in [1.807, 2.05) is 30.3 Å². The Morgan fingerprint density at radius 2 is 0.980 bits per heavy atom. The van der Waals surface area contributed by atoms with Crippen LogP contribution in [-0.4, -0.2) is 19.1 Å². The van der Waals surface area contributed by atoms with Gasteiger partial charge in [0.15, 0.2) is 5.82 Å². The van der Waals surface area contributed by atoms with Crippen molar-refractivity contribution >= 4 is 65.6 Å². The molecule has 0 unspecified atom stereocenters. The summed E-state index contributed by atoms with van der Waals surface area (Å²) in [5.41, 5.74) is 10.2. The molecule has 0 atom stereocenters. The lowest BCUT2D eigenvalue weighted by Crippen LogP contribution is -2.02. The Morgan fingerprint density at radius 3 is 1.73 bits per heavy atom. The van der Waals surface area contributed by atoms with Crippen LogP contribution < -0.4 is 0 Å². The zero-order chi connectivity index (χ0) is 33.5. The van der Waals surface area contributed by atoms with Gasteiger partial charge in [-0.15, -0.1) is 0 Å². The van der Waals surface area contributed by atoms with Crippen molar-refractivity contribution in [3.8, 4) is 34.2 Å². The molecular weight excluding hydrogens is 625 g/mol. The van der Waals surface area contributed by atoms with Gasteiger partial charge in [-0.3, -0.25) is 4.57 Å². The SMILES string of the molecule is c1ccc(-c2cc(-n3c4ccccc4c4c5c6ccccc6n(-c6ccccc6)c5ccc43)nc(-c3ccc4oc5ccccc5c4c3)n2)cc1. The average Bonchev–Trinajstić information content (AvgIpc) is 3.85. The van der Waals surface area contributed by atoms with E-state index in [4.69, 9.17) is 14.4 Å². The second-order valence-corrected chi connectivity index (χ2v) is 13.0. The van der Waals surface area contributed by atoms with E-state index in [0.717, 1.165) is 61.3 Å². The number of hydrogen-bond acceptors (Lipinski definition) is 3. The molecule has 0 radical (unpaired) electrons. The molecule has 0 bridgehead atoms. The molecule has 0 fully saturated rings. The van der Waals surface area contributed by atoms with Gasteiger partial charge in [0.25, 0.3) is 0 Å². The number of rotatable bonds is 4. The first-order chi connectivity index (χ1) is 25.3. The third-order valence-electron chi connectivity index (χ3n) is 10.1. The van der Waals surface area contributed by atoms with E-state index in [-0.39, 0.29) is 0 Å². The van der Waals surface area contributed by atoms with Crippen LogP contribution in [0.3, 0.4) is 0 Å². The van der Waals surface area contributed by atoms with Gasteiger partial charge in [0.2, 0.25) is 0 Å². The first kappa shape index (κ1) is 27.9. The minimum Gasteiger partial charge on any atom is -0.456 e. The highest BCUT2D eigenvalue weighted by atomic mass is 16.3. The van der Waals surface area contributed by atoms with Gasteiger partial charge in [-0.05, 0) is 60.7 Å². The second-order valence-electron chi connectivity index (χ2n) is 13.0. The van der Waals surface area contributed by atoms with Gasteiger partial charge in [-0.2, -0.15) is 0 Å². The van der Waals surface area contributed by atoms with E-state index >= 15 is 0 Å². The molecule has 11 aromatic rings. The standard InChI is InChI=1S/C46H28N4O/c1-3-13-29(14-4-1)36-28-43(48-46(47-36)30-23-26-42-35(27-30)32-17-9-12-22-41(32)51-42)50-38-21-11-8-19-34(38)45-40(50)25-24-39-44(45)33-18-7-10-20-37(33)49(39)31-15-5-2-6-16-31/h1-28H. The van der Waals surface area contributed by atoms with Crippen LogP contribution in [0, 0.1) is 0 Å². The maximum absolute atomic E-state index is 6.16. The Balaban J connectivity index is 1.23. The summed E-state index contributed by atoms with van der Waals surface area (Å²) in [6.45, 7) is 0. The molecule has 0 amide bonds. The highest BCUT2D eigenvalue weighted by Gasteiger charge is 2.22. The lowest BCUT2D eigenvalue weighted by Gasteiger charge is -2.12. The molecule has 238 valence electrons. The van der Waals surface area contributed by atoms with E-state index in [9.17, 15) is 0 Å². The minimum atomic E-state index is 0.659. The topological polar surface area (TPSA) is 48.8 Å². The molecule has 0 aliphatic rings. The molecule has 0 N–H and O–H groups in total. The molecule has 4 heterocycles. The largest absolute Gasteiger partial charge is 0.456 e. The fourth-order valence-corrected chi connectivity index (χ4v) is 7.92. The van der Waals surface area contributed by atoms with Crippen molar-refractivity contribution in [1.29, 1.82) is 0 Å². The van der Waals surface area contributed by atoms with Gasteiger partial charge in [-0.25, -0.2) is 9.97 Å². The van der Waals surface area contributed by atoms with Crippen molar-refractivity contribution in [3.63, 3.8) is 0 Å². The van der Waals surface area contributed by atoms with Crippen molar-refractivity contribution < 1.29 is 4.42 Å². The predicted octanol–water partition coefficient (Wildman–Crippen LogP) is 11.9. The summed E-state index contributed by atoms with van der Waals surface area (Å²) in [7, 11) is 0. The van der Waals surface area contributed by atoms with Gasteiger partial charge in [0.1, 0.15) is 17.0 Å². The first-order valence-corrected chi connectivity index (χ1v) is 17.2. The van der Waals surface area contributed by atoms with E-state index < -0.39 is 0 Å². The highest BCUT2D eigenvalue weighted by Crippen LogP contribution is 2.42. The Hall–Kier alpha value is -6.98. The molecule has 11 rings (SSSR count). The van der Waals surface area contributed by atoms with Crippen molar-refractivity contribution in [2.24, 2.45) is 0 Å². The Kier molecular flexibility index (Phi) is 5.89. The number of nitrogens with zero attached hydrogens (tertiary/aromatic N) is 4. The molecule has 0 aliphatic heterocycles. The van der Waals surface area contributed by atoms with Gasteiger partial charge >= 0.3 is 0 Å². The van der Waals surface area contributed by atoms with Gasteiger partial charge < -0.3 is 8.98 Å². The van der Waals surface area contributed by atoms with Crippen LogP contribution >= 0.6 is 0 Å². The van der Waals surface area contributed by atoms with Gasteiger partial charge in [-0.1, -0.05) is 103 Å². The molecular formula is C46H28N4O. The Labute approximate surface area is 292 Å². The monoisotopic (exact) mass is 652 g/mol. The normalized spacial score (nSPS) is 11.9. The quantitative estimate of drug-likeness (QED) is 0.190. The number of hydrogen-bond donors (Lipinski definition) is 0. The van der Waals surface area contributed by atoms with Crippen LogP contribution in [0.4, 0.5) is 0 Å². The second kappa shape index (κ2) is 10.8. The Morgan fingerprint density at radius 1 is 0.392 bits per heavy atom. The zero-order valence-electron chi connectivity index (χ0n) is 27.4. The molecule has 0 saturated heterocycles. The van der Waals surface area contributed by atoms with Crippen LogP contribution in [0.15, 0.2) is 174 Å². The number of benzene rings is 7. The lowest BCUT2D eigenvalue weighted by atomic mass is 10.1. The molecule has 5 nitrogen and oxygen atoms in total. The molecule has 51 heavy (non-hydrogen) atoms. The van der Waals surface area contributed by atoms with Crippen LogP contribution in [0.5, 0.6) is 0 Å². The van der Waals surface area contributed by atoms with Crippen LogP contribution in [0.25, 0.3) is 99.7 Å². The van der Waals surface area contributed by atoms with Crippen molar-refractivity contribution in [2.45, 2.75) is 0 Å². The van der Waals surface area contributed by atoms with Crippen molar-refractivity contribution in [3.05, 3.63) is 170 Å². The number of furan rings is 1. The fourth-order valence-electron chi connectivity index (χ4n) is 7.92. The fraction of sp³-hybridized carbons (Fsp3) is 0. The van der Waals surface area contributed by atoms with E-state index in [2.05, 4.69) is 149 Å². The van der Waals surface area contributed by atoms with Crippen molar-refractivity contribution in [2.75, 3.05) is 0 Å². The highest BCUT2D eigenvalue weighted by molar-refractivity contribution is 6.28.